The minimum absolute atomic E-state index is 0.208. The third-order valence-electron chi connectivity index (χ3n) is 2.50. The smallest absolute Gasteiger partial charge is 0.124 e. The molecule has 0 radical (unpaired) electrons. The van der Waals surface area contributed by atoms with Crippen LogP contribution < -0.4 is 5.32 Å². The van der Waals surface area contributed by atoms with Crippen LogP contribution in [0, 0.1) is 5.82 Å². The number of thiophene rings is 1. The van der Waals surface area contributed by atoms with Gasteiger partial charge in [0.15, 0.2) is 0 Å². The first-order valence-electron chi connectivity index (χ1n) is 5.37. The van der Waals surface area contributed by atoms with E-state index in [1.165, 1.54) is 10.9 Å². The summed E-state index contributed by atoms with van der Waals surface area (Å²) in [5.74, 6) is -0.208. The lowest BCUT2D eigenvalue weighted by atomic mass is 10.2. The van der Waals surface area contributed by atoms with Crippen LogP contribution in [-0.2, 0) is 6.54 Å². The first-order valence-corrected chi connectivity index (χ1v) is 7.04. The zero-order chi connectivity index (χ0) is 12.3. The van der Waals surface area contributed by atoms with Gasteiger partial charge in [-0.15, -0.1) is 11.3 Å². The van der Waals surface area contributed by atoms with Crippen molar-refractivity contribution in [1.29, 1.82) is 0 Å². The van der Waals surface area contributed by atoms with Crippen LogP contribution in [0.3, 0.4) is 0 Å². The monoisotopic (exact) mass is 313 g/mol. The topological polar surface area (TPSA) is 12.0 Å². The van der Waals surface area contributed by atoms with Crippen LogP contribution >= 0.6 is 27.3 Å². The molecule has 2 aromatic rings. The maximum absolute atomic E-state index is 13.2. The fourth-order valence-electron chi connectivity index (χ4n) is 1.62. The van der Waals surface area contributed by atoms with Crippen LogP contribution in [0.25, 0.3) is 0 Å². The van der Waals surface area contributed by atoms with Gasteiger partial charge in [0.2, 0.25) is 0 Å². The molecule has 0 spiro atoms. The highest BCUT2D eigenvalue weighted by molar-refractivity contribution is 9.10. The molecule has 0 aliphatic heterocycles. The lowest BCUT2D eigenvalue weighted by Crippen LogP contribution is -2.17. The van der Waals surface area contributed by atoms with Gasteiger partial charge in [0.25, 0.3) is 0 Å². The summed E-state index contributed by atoms with van der Waals surface area (Å²) in [5, 5.41) is 5.44. The Balaban J connectivity index is 1.98. The van der Waals surface area contributed by atoms with Crippen molar-refractivity contribution in [3.63, 3.8) is 0 Å². The second-order valence-electron chi connectivity index (χ2n) is 3.90. The van der Waals surface area contributed by atoms with Crippen molar-refractivity contribution in [2.75, 3.05) is 0 Å². The van der Waals surface area contributed by atoms with Crippen molar-refractivity contribution in [2.45, 2.75) is 19.5 Å². The third kappa shape index (κ3) is 3.63. The Hall–Kier alpha value is -0.710. The van der Waals surface area contributed by atoms with Crippen molar-refractivity contribution < 1.29 is 4.39 Å². The van der Waals surface area contributed by atoms with Gasteiger partial charge < -0.3 is 5.32 Å². The predicted molar refractivity (Wildman–Crippen MR) is 73.7 cm³/mol. The fraction of sp³-hybridized carbons (Fsp3) is 0.231. The van der Waals surface area contributed by atoms with Gasteiger partial charge in [-0.1, -0.05) is 22.0 Å². The Morgan fingerprint density at radius 3 is 2.88 bits per heavy atom. The summed E-state index contributed by atoms with van der Waals surface area (Å²) in [6.45, 7) is 2.77. The van der Waals surface area contributed by atoms with Crippen LogP contribution in [0.1, 0.15) is 23.4 Å². The molecule has 0 amide bonds. The van der Waals surface area contributed by atoms with Crippen LogP contribution in [0.15, 0.2) is 40.2 Å². The lowest BCUT2D eigenvalue weighted by Gasteiger charge is -2.12. The lowest BCUT2D eigenvalue weighted by molar-refractivity contribution is 0.576. The molecule has 1 heterocycles. The summed E-state index contributed by atoms with van der Waals surface area (Å²) in [7, 11) is 0. The highest BCUT2D eigenvalue weighted by Gasteiger charge is 2.06. The summed E-state index contributed by atoms with van der Waals surface area (Å²) in [4.78, 5) is 1.29. The van der Waals surface area contributed by atoms with E-state index < -0.39 is 0 Å². The van der Waals surface area contributed by atoms with Gasteiger partial charge in [-0.05, 0) is 42.1 Å². The van der Waals surface area contributed by atoms with Gasteiger partial charge in [-0.25, -0.2) is 4.39 Å². The highest BCUT2D eigenvalue weighted by Crippen LogP contribution is 2.19. The van der Waals surface area contributed by atoms with Crippen LogP contribution in [0.4, 0.5) is 4.39 Å². The molecule has 0 unspecified atom stereocenters. The van der Waals surface area contributed by atoms with E-state index in [1.54, 1.807) is 17.4 Å². The molecule has 0 saturated heterocycles. The molecule has 1 aromatic heterocycles. The van der Waals surface area contributed by atoms with E-state index in [4.69, 9.17) is 0 Å². The van der Waals surface area contributed by atoms with Crippen LogP contribution in [0.5, 0.6) is 0 Å². The zero-order valence-electron chi connectivity index (χ0n) is 9.41. The minimum Gasteiger partial charge on any atom is -0.305 e. The highest BCUT2D eigenvalue weighted by atomic mass is 79.9. The standard InChI is InChI=1S/C13H13BrFNS/c1-9(13-3-2-4-17-13)16-8-10-5-11(14)7-12(15)6-10/h2-7,9,16H,8H2,1H3/t9-/m1/s1. The van der Waals surface area contributed by atoms with Crippen molar-refractivity contribution in [2.24, 2.45) is 0 Å². The Morgan fingerprint density at radius 2 is 2.24 bits per heavy atom. The van der Waals surface area contributed by atoms with Crippen molar-refractivity contribution in [3.8, 4) is 0 Å². The molecule has 1 atom stereocenters. The van der Waals surface area contributed by atoms with Crippen molar-refractivity contribution >= 4 is 27.3 Å². The Labute approximate surface area is 113 Å². The summed E-state index contributed by atoms with van der Waals surface area (Å²) in [6, 6.07) is 9.38. The maximum atomic E-state index is 13.2. The third-order valence-corrected chi connectivity index (χ3v) is 4.02. The second kappa shape index (κ2) is 5.76. The average molecular weight is 314 g/mol. The van der Waals surface area contributed by atoms with Crippen LogP contribution in [-0.4, -0.2) is 0 Å². The molecule has 0 aliphatic rings. The van der Waals surface area contributed by atoms with Gasteiger partial charge in [0, 0.05) is 21.9 Å². The molecule has 0 bridgehead atoms. The SMILES string of the molecule is C[C@@H](NCc1cc(F)cc(Br)c1)c1cccs1. The molecule has 0 saturated carbocycles. The normalized spacial score (nSPS) is 12.6. The largest absolute Gasteiger partial charge is 0.305 e. The Kier molecular flexibility index (Phi) is 4.31. The predicted octanol–water partition coefficient (Wildman–Crippen LogP) is 4.50. The van der Waals surface area contributed by atoms with E-state index in [0.29, 0.717) is 6.54 Å². The summed E-state index contributed by atoms with van der Waals surface area (Å²) in [5.41, 5.74) is 0.945. The van der Waals surface area contributed by atoms with Gasteiger partial charge in [0.1, 0.15) is 5.82 Å². The van der Waals surface area contributed by atoms with E-state index >= 15 is 0 Å². The summed E-state index contributed by atoms with van der Waals surface area (Å²) in [6.07, 6.45) is 0. The number of rotatable bonds is 4. The number of benzene rings is 1. The minimum atomic E-state index is -0.208. The Bertz CT molecular complexity index is 464. The molecule has 1 aromatic carbocycles. The van der Waals surface area contributed by atoms with E-state index in [0.717, 1.165) is 10.0 Å². The van der Waals surface area contributed by atoms with Gasteiger partial charge in [-0.2, -0.15) is 0 Å². The van der Waals surface area contributed by atoms with Crippen molar-refractivity contribution in [3.05, 3.63) is 56.4 Å². The molecule has 1 nitrogen and oxygen atoms in total. The molecule has 0 fully saturated rings. The van der Waals surface area contributed by atoms with Gasteiger partial charge in [-0.3, -0.25) is 0 Å². The molecule has 90 valence electrons. The van der Waals surface area contributed by atoms with E-state index in [9.17, 15) is 4.39 Å². The molecule has 2 rings (SSSR count). The van der Waals surface area contributed by atoms with E-state index in [1.807, 2.05) is 12.1 Å². The average Bonchev–Trinajstić information content (AvgIpc) is 2.78. The fourth-order valence-corrected chi connectivity index (χ4v) is 2.89. The van der Waals surface area contributed by atoms with E-state index in [-0.39, 0.29) is 11.9 Å². The number of hydrogen-bond donors (Lipinski definition) is 1. The number of hydrogen-bond acceptors (Lipinski definition) is 2. The van der Waals surface area contributed by atoms with Gasteiger partial charge >= 0.3 is 0 Å². The molecular formula is C13H13BrFNS. The Morgan fingerprint density at radius 1 is 1.41 bits per heavy atom. The number of nitrogens with one attached hydrogen (secondary N) is 1. The molecular weight excluding hydrogens is 301 g/mol. The molecule has 0 aliphatic carbocycles. The summed E-state index contributed by atoms with van der Waals surface area (Å²) < 4.78 is 13.9. The molecule has 17 heavy (non-hydrogen) atoms. The zero-order valence-corrected chi connectivity index (χ0v) is 11.8. The molecule has 1 N–H and O–H groups in total. The van der Waals surface area contributed by atoms with Gasteiger partial charge in [0.05, 0.1) is 0 Å². The van der Waals surface area contributed by atoms with Crippen LogP contribution in [0.2, 0.25) is 0 Å². The first kappa shape index (κ1) is 12.7. The summed E-state index contributed by atoms with van der Waals surface area (Å²) >= 11 is 5.02. The first-order chi connectivity index (χ1) is 8.15. The quantitative estimate of drug-likeness (QED) is 0.876. The second-order valence-corrected chi connectivity index (χ2v) is 5.79. The van der Waals surface area contributed by atoms with Crippen molar-refractivity contribution in [1.82, 2.24) is 5.32 Å². The molecule has 4 heteroatoms. The number of halogens is 2. The van der Waals surface area contributed by atoms with E-state index in [2.05, 4.69) is 39.6 Å². The maximum Gasteiger partial charge on any atom is 0.124 e.